The summed E-state index contributed by atoms with van der Waals surface area (Å²) in [6.45, 7) is 5.00. The van der Waals surface area contributed by atoms with Crippen molar-refractivity contribution in [3.63, 3.8) is 0 Å². The summed E-state index contributed by atoms with van der Waals surface area (Å²) >= 11 is 1.69. The van der Waals surface area contributed by atoms with Crippen LogP contribution in [0.1, 0.15) is 23.4 Å². The molecule has 2 aromatic heterocycles. The first-order valence-electron chi connectivity index (χ1n) is 10.6. The number of para-hydroxylation sites is 1. The summed E-state index contributed by atoms with van der Waals surface area (Å²) < 4.78 is 5.49. The van der Waals surface area contributed by atoms with Gasteiger partial charge >= 0.3 is 0 Å². The molecule has 0 bridgehead atoms. The maximum Gasteiger partial charge on any atom is 0.242 e. The van der Waals surface area contributed by atoms with E-state index in [1.807, 2.05) is 36.5 Å². The fourth-order valence-corrected chi connectivity index (χ4v) is 4.94. The average molecular weight is 441 g/mol. The minimum absolute atomic E-state index is 0.0962. The van der Waals surface area contributed by atoms with E-state index in [0.717, 1.165) is 29.6 Å². The van der Waals surface area contributed by atoms with Crippen molar-refractivity contribution in [2.45, 2.75) is 25.4 Å². The van der Waals surface area contributed by atoms with Gasteiger partial charge in [-0.3, -0.25) is 14.5 Å². The number of nitrogens with one attached hydrogen (secondary N) is 3. The van der Waals surface area contributed by atoms with Gasteiger partial charge in [0.15, 0.2) is 0 Å². The summed E-state index contributed by atoms with van der Waals surface area (Å²) in [5.41, 5.74) is 2.03. The van der Waals surface area contributed by atoms with Gasteiger partial charge in [-0.05, 0) is 23.1 Å². The van der Waals surface area contributed by atoms with Crippen molar-refractivity contribution in [2.75, 3.05) is 32.8 Å². The molecule has 2 atom stereocenters. The van der Waals surface area contributed by atoms with Gasteiger partial charge in [0.05, 0.1) is 19.3 Å². The van der Waals surface area contributed by atoms with Crippen molar-refractivity contribution < 1.29 is 14.3 Å². The van der Waals surface area contributed by atoms with Gasteiger partial charge in [0.1, 0.15) is 6.04 Å². The lowest BCUT2D eigenvalue weighted by molar-refractivity contribution is -0.128. The van der Waals surface area contributed by atoms with Crippen molar-refractivity contribution in [3.05, 3.63) is 58.4 Å². The molecule has 8 heteroatoms. The lowest BCUT2D eigenvalue weighted by Gasteiger charge is -2.34. The quantitative estimate of drug-likeness (QED) is 0.502. The fraction of sp³-hybridized carbons (Fsp3) is 0.391. The van der Waals surface area contributed by atoms with Gasteiger partial charge < -0.3 is 20.4 Å². The minimum atomic E-state index is -0.634. The zero-order chi connectivity index (χ0) is 21.6. The molecular formula is C23H28N4O3S. The molecule has 0 saturated carbocycles. The summed E-state index contributed by atoms with van der Waals surface area (Å²) in [4.78, 5) is 31.7. The predicted octanol–water partition coefficient (Wildman–Crippen LogP) is 2.47. The van der Waals surface area contributed by atoms with Gasteiger partial charge in [-0.2, -0.15) is 0 Å². The monoisotopic (exact) mass is 440 g/mol. The number of carbonyl (C=O) groups excluding carboxylic acids is 2. The van der Waals surface area contributed by atoms with Crippen LogP contribution >= 0.6 is 11.3 Å². The number of rotatable bonds is 8. The summed E-state index contributed by atoms with van der Waals surface area (Å²) in [5.74, 6) is -0.390. The van der Waals surface area contributed by atoms with Crippen LogP contribution in [0.2, 0.25) is 0 Å². The number of hydrogen-bond donors (Lipinski definition) is 3. The van der Waals surface area contributed by atoms with Crippen LogP contribution in [0.25, 0.3) is 10.9 Å². The van der Waals surface area contributed by atoms with Crippen molar-refractivity contribution >= 4 is 34.1 Å². The van der Waals surface area contributed by atoms with Gasteiger partial charge in [-0.1, -0.05) is 24.3 Å². The van der Waals surface area contributed by atoms with E-state index in [4.69, 9.17) is 4.74 Å². The van der Waals surface area contributed by atoms with Crippen LogP contribution in [0.4, 0.5) is 0 Å². The molecule has 2 amide bonds. The zero-order valence-corrected chi connectivity index (χ0v) is 18.4. The number of aromatic nitrogens is 1. The number of nitrogens with zero attached hydrogens (tertiary/aromatic N) is 1. The van der Waals surface area contributed by atoms with Crippen molar-refractivity contribution in [3.8, 4) is 0 Å². The normalized spacial score (nSPS) is 16.7. The van der Waals surface area contributed by atoms with E-state index in [-0.39, 0.29) is 17.9 Å². The Labute approximate surface area is 185 Å². The Morgan fingerprint density at radius 2 is 2.00 bits per heavy atom. The molecule has 3 N–H and O–H groups in total. The number of hydrogen-bond acceptors (Lipinski definition) is 5. The highest BCUT2D eigenvalue weighted by molar-refractivity contribution is 7.10. The number of benzene rings is 1. The Kier molecular flexibility index (Phi) is 7.01. The summed E-state index contributed by atoms with van der Waals surface area (Å²) in [7, 11) is 0. The highest BCUT2D eigenvalue weighted by Crippen LogP contribution is 2.25. The smallest absolute Gasteiger partial charge is 0.242 e. The average Bonchev–Trinajstić information content (AvgIpc) is 3.44. The van der Waals surface area contributed by atoms with Gasteiger partial charge in [0.25, 0.3) is 0 Å². The summed E-state index contributed by atoms with van der Waals surface area (Å²) in [6, 6.07) is 11.6. The van der Waals surface area contributed by atoms with E-state index in [9.17, 15) is 9.59 Å². The molecule has 0 spiro atoms. The zero-order valence-electron chi connectivity index (χ0n) is 17.6. The third-order valence-corrected chi connectivity index (χ3v) is 6.59. The van der Waals surface area contributed by atoms with E-state index in [1.165, 1.54) is 11.8 Å². The molecule has 1 aliphatic heterocycles. The number of thiophene rings is 1. The van der Waals surface area contributed by atoms with Crippen LogP contribution in [0.5, 0.6) is 0 Å². The lowest BCUT2D eigenvalue weighted by atomic mass is 10.0. The molecule has 164 valence electrons. The van der Waals surface area contributed by atoms with Crippen molar-refractivity contribution in [2.24, 2.45) is 0 Å². The standard InChI is InChI=1S/C23H28N4O3S/c1-16(28)26-20(13-17-14-24-19-6-3-2-5-18(17)19)23(29)25-15-21(22-7-4-12-31-22)27-8-10-30-11-9-27/h2-7,12,14,20-21,24H,8-11,13,15H2,1H3,(H,25,29)(H,26,28)/t20-,21+/m0/s1. The number of amides is 2. The van der Waals surface area contributed by atoms with Crippen LogP contribution in [0.3, 0.4) is 0 Å². The van der Waals surface area contributed by atoms with Crippen molar-refractivity contribution in [1.82, 2.24) is 20.5 Å². The number of fused-ring (bicyclic) bond motifs is 1. The maximum absolute atomic E-state index is 13.1. The second-order valence-corrected chi connectivity index (χ2v) is 8.72. The number of ether oxygens (including phenoxy) is 1. The Hall–Kier alpha value is -2.68. The van der Waals surface area contributed by atoms with Crippen molar-refractivity contribution in [1.29, 1.82) is 0 Å². The number of carbonyl (C=O) groups is 2. The van der Waals surface area contributed by atoms with Crippen LogP contribution in [-0.2, 0) is 20.7 Å². The molecule has 1 aliphatic rings. The summed E-state index contributed by atoms with van der Waals surface area (Å²) in [6.07, 6.45) is 2.34. The lowest BCUT2D eigenvalue weighted by Crippen LogP contribution is -2.50. The van der Waals surface area contributed by atoms with E-state index in [2.05, 4.69) is 32.0 Å². The Morgan fingerprint density at radius 1 is 1.19 bits per heavy atom. The van der Waals surface area contributed by atoms with Gasteiger partial charge in [0, 0.05) is 55.0 Å². The van der Waals surface area contributed by atoms with E-state index >= 15 is 0 Å². The van der Waals surface area contributed by atoms with Crippen LogP contribution < -0.4 is 10.6 Å². The van der Waals surface area contributed by atoms with E-state index < -0.39 is 6.04 Å². The van der Waals surface area contributed by atoms with Crippen LogP contribution in [0, 0.1) is 0 Å². The third kappa shape index (κ3) is 5.33. The highest BCUT2D eigenvalue weighted by atomic mass is 32.1. The fourth-order valence-electron chi connectivity index (χ4n) is 4.08. The first kappa shape index (κ1) is 21.5. The first-order valence-corrected chi connectivity index (χ1v) is 11.4. The third-order valence-electron chi connectivity index (χ3n) is 5.62. The second kappa shape index (κ2) is 10.1. The van der Waals surface area contributed by atoms with Gasteiger partial charge in [-0.25, -0.2) is 0 Å². The highest BCUT2D eigenvalue weighted by Gasteiger charge is 2.26. The molecule has 0 aliphatic carbocycles. The number of H-pyrrole nitrogens is 1. The summed E-state index contributed by atoms with van der Waals surface area (Å²) in [5, 5.41) is 9.04. The predicted molar refractivity (Wildman–Crippen MR) is 122 cm³/mol. The van der Waals surface area contributed by atoms with Gasteiger partial charge in [-0.15, -0.1) is 11.3 Å². The molecule has 31 heavy (non-hydrogen) atoms. The first-order chi connectivity index (χ1) is 15.1. The molecule has 0 radical (unpaired) electrons. The Balaban J connectivity index is 1.46. The largest absolute Gasteiger partial charge is 0.379 e. The molecule has 3 aromatic rings. The second-order valence-electron chi connectivity index (χ2n) is 7.74. The van der Waals surface area contributed by atoms with E-state index in [1.54, 1.807) is 11.3 Å². The van der Waals surface area contributed by atoms with Crippen LogP contribution in [0.15, 0.2) is 48.0 Å². The maximum atomic E-state index is 13.1. The molecule has 1 fully saturated rings. The SMILES string of the molecule is CC(=O)N[C@@H](Cc1c[nH]c2ccccc12)C(=O)NC[C@H](c1cccs1)N1CCOCC1. The number of morpholine rings is 1. The molecule has 1 saturated heterocycles. The molecule has 1 aromatic carbocycles. The van der Waals surface area contributed by atoms with Crippen LogP contribution in [-0.4, -0.2) is 60.6 Å². The molecule has 4 rings (SSSR count). The molecule has 7 nitrogen and oxygen atoms in total. The Morgan fingerprint density at radius 3 is 2.74 bits per heavy atom. The Bertz CT molecular complexity index is 1010. The molecule has 0 unspecified atom stereocenters. The topological polar surface area (TPSA) is 86.5 Å². The van der Waals surface area contributed by atoms with E-state index in [0.29, 0.717) is 26.2 Å². The molecular weight excluding hydrogens is 412 g/mol. The minimum Gasteiger partial charge on any atom is -0.379 e. The van der Waals surface area contributed by atoms with Gasteiger partial charge in [0.2, 0.25) is 11.8 Å². The molecule has 3 heterocycles. The number of aromatic amines is 1.